The van der Waals surface area contributed by atoms with Crippen LogP contribution in [0.15, 0.2) is 114 Å². The Morgan fingerprint density at radius 3 is 1.50 bits per heavy atom. The summed E-state index contributed by atoms with van der Waals surface area (Å²) in [7, 11) is 0. The van der Waals surface area contributed by atoms with Gasteiger partial charge in [-0.15, -0.1) is 0 Å². The van der Waals surface area contributed by atoms with Crippen LogP contribution in [-0.2, 0) is 0 Å². The molecule has 0 nitrogen and oxygen atoms in total. The van der Waals surface area contributed by atoms with Gasteiger partial charge in [0.25, 0.3) is 0 Å². The van der Waals surface area contributed by atoms with Crippen molar-refractivity contribution in [2.45, 2.75) is 31.9 Å². The van der Waals surface area contributed by atoms with Gasteiger partial charge in [-0.1, -0.05) is 0 Å². The molecule has 0 unspecified atom stereocenters. The minimum atomic E-state index is -2.81. The predicted octanol–water partition coefficient (Wildman–Crippen LogP) is 7.82. The first-order valence-electron chi connectivity index (χ1n) is 10.3. The molecule has 0 N–H and O–H groups in total. The van der Waals surface area contributed by atoms with E-state index in [1.54, 1.807) is 0 Å². The normalized spacial score (nSPS) is 14.1. The molecule has 0 aromatic heterocycles. The fourth-order valence-electron chi connectivity index (χ4n) is 3.43. The number of hydrogen-bond acceptors (Lipinski definition) is 1. The topological polar surface area (TPSA) is 0 Å². The molecule has 3 rings (SSSR count). The van der Waals surface area contributed by atoms with E-state index in [0.29, 0.717) is 0 Å². The number of allylic oxidation sites excluding steroid dienone is 2. The Labute approximate surface area is 199 Å². The van der Waals surface area contributed by atoms with E-state index in [9.17, 15) is 0 Å². The van der Waals surface area contributed by atoms with Crippen molar-refractivity contribution in [3.05, 3.63) is 114 Å². The van der Waals surface area contributed by atoms with Crippen LogP contribution in [-0.4, -0.2) is 4.75 Å². The molecule has 0 spiro atoms. The zero-order valence-electron chi connectivity index (χ0n) is 17.9. The van der Waals surface area contributed by atoms with Crippen LogP contribution in [0.5, 0.6) is 0 Å². The maximum atomic E-state index is 2.78. The van der Waals surface area contributed by atoms with E-state index < -0.39 is 4.25 Å². The number of benzene rings is 3. The molecular weight excluding hydrogens is 514 g/mol. The van der Waals surface area contributed by atoms with Gasteiger partial charge in [-0.25, -0.2) is 0 Å². The van der Waals surface area contributed by atoms with Gasteiger partial charge in [-0.3, -0.25) is 0 Å². The van der Waals surface area contributed by atoms with Gasteiger partial charge in [0.2, 0.25) is 0 Å². The molecule has 3 aromatic carbocycles. The predicted molar refractivity (Wildman–Crippen MR) is 149 cm³/mol. The zero-order chi connectivity index (χ0) is 21.5. The van der Waals surface area contributed by atoms with Crippen molar-refractivity contribution in [1.82, 2.24) is 0 Å². The molecule has 0 aliphatic carbocycles. The fourth-order valence-corrected chi connectivity index (χ4v) is 11.7. The van der Waals surface area contributed by atoms with Gasteiger partial charge in [0.05, 0.1) is 0 Å². The molecule has 156 valence electrons. The van der Waals surface area contributed by atoms with Crippen molar-refractivity contribution >= 4 is 54.0 Å². The van der Waals surface area contributed by atoms with Crippen LogP contribution in [0.4, 0.5) is 0 Å². The zero-order valence-corrected chi connectivity index (χ0v) is 21.8. The second-order valence-corrected chi connectivity index (χ2v) is 19.6. The van der Waals surface area contributed by atoms with E-state index in [-0.39, 0.29) is 4.75 Å². The summed E-state index contributed by atoms with van der Waals surface area (Å²) in [6.07, 6.45) is 5.61. The van der Waals surface area contributed by atoms with Gasteiger partial charge in [0.15, 0.2) is 0 Å². The third kappa shape index (κ3) is 4.77. The van der Waals surface area contributed by atoms with Crippen molar-refractivity contribution < 1.29 is 0 Å². The van der Waals surface area contributed by atoms with Crippen LogP contribution in [0.3, 0.4) is 0 Å². The van der Waals surface area contributed by atoms with Crippen molar-refractivity contribution in [3.63, 3.8) is 0 Å². The molecule has 0 heterocycles. The van der Waals surface area contributed by atoms with Gasteiger partial charge in [0, 0.05) is 0 Å². The Bertz CT molecular complexity index is 895. The van der Waals surface area contributed by atoms with Crippen LogP contribution < -0.4 is 15.9 Å². The molecule has 0 aliphatic rings. The Morgan fingerprint density at radius 1 is 0.733 bits per heavy atom. The average molecular weight is 544 g/mol. The van der Waals surface area contributed by atoms with Gasteiger partial charge in [0.1, 0.15) is 0 Å². The summed E-state index contributed by atoms with van der Waals surface area (Å²) in [5.74, 6) is 2.47. The molecule has 0 radical (unpaired) electrons. The Balaban J connectivity index is 2.20. The van der Waals surface area contributed by atoms with Gasteiger partial charge < -0.3 is 0 Å². The molecule has 0 aliphatic heterocycles. The summed E-state index contributed by atoms with van der Waals surface area (Å²) in [6.45, 7) is 6.83. The molecule has 30 heavy (non-hydrogen) atoms. The molecular formula is C27H30IPS. The maximum absolute atomic E-state index is 2.81. The van der Waals surface area contributed by atoms with Gasteiger partial charge in [-0.05, 0) is 0 Å². The van der Waals surface area contributed by atoms with Crippen LogP contribution in [0.25, 0.3) is 0 Å². The van der Waals surface area contributed by atoms with Crippen molar-refractivity contribution in [3.8, 4) is 0 Å². The summed E-state index contributed by atoms with van der Waals surface area (Å²) in [5.41, 5.74) is 0. The molecule has 0 amide bonds. The standard InChI is InChI=1S/C27H30IPS/c1-4-27(2,3)30-23-15-14-22-29(28,24-16-8-5-9-17-24,25-18-10-6-11-19-25)26-20-12-7-13-21-26/h5-23H,4H2,1-3H3. The summed E-state index contributed by atoms with van der Waals surface area (Å²) < 4.78 is -2.55. The summed E-state index contributed by atoms with van der Waals surface area (Å²) in [5, 5.41) is 6.34. The first-order chi connectivity index (χ1) is 14.4. The van der Waals surface area contributed by atoms with Crippen LogP contribution in [0.2, 0.25) is 0 Å². The van der Waals surface area contributed by atoms with E-state index in [0.717, 1.165) is 6.42 Å². The van der Waals surface area contributed by atoms with Crippen LogP contribution >= 0.6 is 38.0 Å². The molecule has 0 fully saturated rings. The molecule has 0 saturated heterocycles. The van der Waals surface area contributed by atoms with E-state index in [2.05, 4.69) is 157 Å². The fraction of sp³-hybridized carbons (Fsp3) is 0.185. The molecule has 0 saturated carbocycles. The van der Waals surface area contributed by atoms with Gasteiger partial charge >= 0.3 is 200 Å². The number of halogens is 1. The Kier molecular flexibility index (Phi) is 7.66. The van der Waals surface area contributed by atoms with E-state index in [1.807, 2.05) is 11.8 Å². The monoisotopic (exact) mass is 544 g/mol. The van der Waals surface area contributed by atoms with Crippen molar-refractivity contribution in [1.29, 1.82) is 0 Å². The average Bonchev–Trinajstić information content (AvgIpc) is 2.80. The Morgan fingerprint density at radius 2 is 1.13 bits per heavy atom. The Hall–Kier alpha value is -1.35. The number of hydrogen-bond donors (Lipinski definition) is 0. The SMILES string of the molecule is CCC(C)(C)SC=CC=CP(I)(c1ccccc1)(c1ccccc1)c1ccccc1. The second-order valence-electron chi connectivity index (χ2n) is 7.98. The third-order valence-electron chi connectivity index (χ3n) is 5.58. The summed E-state index contributed by atoms with van der Waals surface area (Å²) in [4.78, 5) is 0. The summed E-state index contributed by atoms with van der Waals surface area (Å²) in [6, 6.07) is 33.0. The number of rotatable bonds is 8. The van der Waals surface area contributed by atoms with Crippen LogP contribution in [0, 0.1) is 0 Å². The van der Waals surface area contributed by atoms with Crippen molar-refractivity contribution in [2.75, 3.05) is 0 Å². The third-order valence-corrected chi connectivity index (χ3v) is 17.4. The first-order valence-corrected chi connectivity index (χ1v) is 16.3. The van der Waals surface area contributed by atoms with E-state index in [1.165, 1.54) is 15.9 Å². The molecule has 3 aromatic rings. The quantitative estimate of drug-likeness (QED) is 0.158. The summed E-state index contributed by atoms with van der Waals surface area (Å²) >= 11 is 4.68. The van der Waals surface area contributed by atoms with Crippen LogP contribution in [0.1, 0.15) is 27.2 Å². The molecule has 3 heteroatoms. The van der Waals surface area contributed by atoms with Gasteiger partial charge in [-0.2, -0.15) is 0 Å². The van der Waals surface area contributed by atoms with Crippen molar-refractivity contribution in [2.24, 2.45) is 0 Å². The molecule has 0 bridgehead atoms. The number of thioether (sulfide) groups is 1. The first kappa shape index (κ1) is 23.3. The minimum absolute atomic E-state index is 0.262. The molecule has 0 atom stereocenters. The van der Waals surface area contributed by atoms with E-state index >= 15 is 0 Å². The van der Waals surface area contributed by atoms with E-state index in [4.69, 9.17) is 0 Å². The second kappa shape index (κ2) is 9.85.